The van der Waals surface area contributed by atoms with Crippen LogP contribution in [0, 0.1) is 13.8 Å². The Balaban J connectivity index is 2.21. The van der Waals surface area contributed by atoms with Crippen molar-refractivity contribution in [2.45, 2.75) is 32.3 Å². The van der Waals surface area contributed by atoms with Crippen molar-refractivity contribution in [1.29, 1.82) is 0 Å². The van der Waals surface area contributed by atoms with Gasteiger partial charge in [-0.2, -0.15) is 0 Å². The topological polar surface area (TPSA) is 9.23 Å². The van der Waals surface area contributed by atoms with Gasteiger partial charge in [-0.05, 0) is 48.9 Å². The molecule has 2 aromatic rings. The van der Waals surface area contributed by atoms with Gasteiger partial charge in [0.15, 0.2) is 0 Å². The van der Waals surface area contributed by atoms with Gasteiger partial charge in [-0.1, -0.05) is 48.5 Å². The van der Waals surface area contributed by atoms with E-state index in [0.29, 0.717) is 0 Å². The molecule has 0 saturated carbocycles. The van der Waals surface area contributed by atoms with Crippen LogP contribution in [0.25, 0.3) is 0 Å². The number of hydrogen-bond acceptors (Lipinski definition) is 1. The van der Waals surface area contributed by atoms with Crippen molar-refractivity contribution < 1.29 is 4.74 Å². The van der Waals surface area contributed by atoms with Crippen molar-refractivity contribution in [3.05, 3.63) is 70.8 Å². The molecule has 0 amide bonds. The largest absolute Gasteiger partial charge is 0.366 e. The van der Waals surface area contributed by atoms with Gasteiger partial charge in [0.25, 0.3) is 0 Å². The van der Waals surface area contributed by atoms with Crippen LogP contribution in [0.2, 0.25) is 0 Å². The third-order valence-corrected chi connectivity index (χ3v) is 4.18. The Kier molecular flexibility index (Phi) is 3.16. The monoisotopic (exact) mass is 252 g/mol. The molecule has 0 radical (unpaired) electrons. The van der Waals surface area contributed by atoms with E-state index < -0.39 is 0 Å². The number of rotatable bonds is 2. The first-order valence-corrected chi connectivity index (χ1v) is 7.00. The van der Waals surface area contributed by atoms with E-state index in [1.807, 2.05) is 0 Å². The molecule has 2 aromatic carbocycles. The van der Waals surface area contributed by atoms with E-state index in [2.05, 4.69) is 62.4 Å². The molecular formula is C18H20O. The molecule has 0 N–H and O–H groups in total. The number of benzene rings is 2. The van der Waals surface area contributed by atoms with Crippen LogP contribution in [0.4, 0.5) is 0 Å². The maximum Gasteiger partial charge on any atom is 0.119 e. The molecule has 0 unspecified atom stereocenters. The van der Waals surface area contributed by atoms with Crippen LogP contribution < -0.4 is 0 Å². The molecular weight excluding hydrogens is 232 g/mol. The summed E-state index contributed by atoms with van der Waals surface area (Å²) < 4.78 is 6.27. The van der Waals surface area contributed by atoms with E-state index in [9.17, 15) is 0 Å². The molecule has 0 atom stereocenters. The Morgan fingerprint density at radius 3 is 1.79 bits per heavy atom. The number of hydrogen-bond donors (Lipinski definition) is 0. The zero-order valence-electron chi connectivity index (χ0n) is 11.6. The van der Waals surface area contributed by atoms with E-state index in [1.54, 1.807) is 0 Å². The minimum Gasteiger partial charge on any atom is -0.366 e. The van der Waals surface area contributed by atoms with Crippen LogP contribution in [-0.2, 0) is 10.3 Å². The molecule has 0 spiro atoms. The van der Waals surface area contributed by atoms with Gasteiger partial charge in [0.2, 0.25) is 0 Å². The van der Waals surface area contributed by atoms with Crippen LogP contribution in [0.1, 0.15) is 35.1 Å². The van der Waals surface area contributed by atoms with Crippen molar-refractivity contribution in [1.82, 2.24) is 0 Å². The highest BCUT2D eigenvalue weighted by Crippen LogP contribution is 2.44. The number of ether oxygens (including phenoxy) is 1. The Morgan fingerprint density at radius 1 is 0.842 bits per heavy atom. The molecule has 98 valence electrons. The fourth-order valence-corrected chi connectivity index (χ4v) is 3.26. The van der Waals surface area contributed by atoms with Crippen molar-refractivity contribution in [3.8, 4) is 0 Å². The van der Waals surface area contributed by atoms with Gasteiger partial charge in [0.05, 0.1) is 0 Å². The highest BCUT2D eigenvalue weighted by Gasteiger charge is 2.40. The van der Waals surface area contributed by atoms with Gasteiger partial charge >= 0.3 is 0 Å². The van der Waals surface area contributed by atoms with Crippen molar-refractivity contribution in [2.24, 2.45) is 0 Å². The lowest BCUT2D eigenvalue weighted by Crippen LogP contribution is -2.28. The van der Waals surface area contributed by atoms with Gasteiger partial charge < -0.3 is 4.74 Å². The lowest BCUT2D eigenvalue weighted by molar-refractivity contribution is 0.0350. The summed E-state index contributed by atoms with van der Waals surface area (Å²) in [5.74, 6) is 0. The smallest absolute Gasteiger partial charge is 0.119 e. The Labute approximate surface area is 115 Å². The van der Waals surface area contributed by atoms with Crippen LogP contribution in [0.15, 0.2) is 48.5 Å². The second-order valence-electron chi connectivity index (χ2n) is 5.41. The van der Waals surface area contributed by atoms with Crippen molar-refractivity contribution in [3.63, 3.8) is 0 Å². The Bertz CT molecular complexity index is 532. The summed E-state index contributed by atoms with van der Waals surface area (Å²) >= 11 is 0. The normalized spacial score (nSPS) is 17.6. The first-order valence-electron chi connectivity index (χ1n) is 7.00. The summed E-state index contributed by atoms with van der Waals surface area (Å²) in [5, 5.41) is 0. The zero-order valence-corrected chi connectivity index (χ0v) is 11.6. The maximum absolute atomic E-state index is 6.27. The van der Waals surface area contributed by atoms with E-state index in [-0.39, 0.29) is 5.60 Å². The van der Waals surface area contributed by atoms with Crippen LogP contribution in [-0.4, -0.2) is 6.61 Å². The third-order valence-electron chi connectivity index (χ3n) is 4.18. The second kappa shape index (κ2) is 4.82. The molecule has 1 fully saturated rings. The first kappa shape index (κ1) is 12.4. The van der Waals surface area contributed by atoms with Crippen molar-refractivity contribution in [2.75, 3.05) is 6.61 Å². The van der Waals surface area contributed by atoms with Crippen LogP contribution in [0.5, 0.6) is 0 Å². The quantitative estimate of drug-likeness (QED) is 0.771. The Hall–Kier alpha value is -1.60. The molecule has 1 saturated heterocycles. The molecule has 1 aliphatic heterocycles. The van der Waals surface area contributed by atoms with E-state index in [4.69, 9.17) is 4.74 Å². The van der Waals surface area contributed by atoms with Gasteiger partial charge in [-0.15, -0.1) is 0 Å². The summed E-state index contributed by atoms with van der Waals surface area (Å²) in [4.78, 5) is 0. The van der Waals surface area contributed by atoms with Gasteiger partial charge in [-0.3, -0.25) is 0 Å². The summed E-state index contributed by atoms with van der Waals surface area (Å²) in [6.07, 6.45) is 2.20. The minimum atomic E-state index is -0.239. The SMILES string of the molecule is Cc1ccccc1C1(c2ccccc2C)CCCO1. The Morgan fingerprint density at radius 2 is 1.37 bits per heavy atom. The molecule has 19 heavy (non-hydrogen) atoms. The van der Waals surface area contributed by atoms with Gasteiger partial charge in [-0.25, -0.2) is 0 Å². The average molecular weight is 252 g/mol. The summed E-state index contributed by atoms with van der Waals surface area (Å²) in [5.41, 5.74) is 5.03. The molecule has 0 bridgehead atoms. The standard InChI is InChI=1S/C18H20O/c1-14-8-3-5-10-16(14)18(12-7-13-19-18)17-11-6-4-9-15(17)2/h3-6,8-11H,7,12-13H2,1-2H3. The molecule has 1 heteroatoms. The molecule has 1 aliphatic rings. The summed E-state index contributed by atoms with van der Waals surface area (Å²) in [6, 6.07) is 17.2. The fraction of sp³-hybridized carbons (Fsp3) is 0.333. The number of aryl methyl sites for hydroxylation is 2. The van der Waals surface area contributed by atoms with Crippen molar-refractivity contribution >= 4 is 0 Å². The lowest BCUT2D eigenvalue weighted by atomic mass is 9.80. The van der Waals surface area contributed by atoms with Gasteiger partial charge in [0, 0.05) is 6.61 Å². The summed E-state index contributed by atoms with van der Waals surface area (Å²) in [7, 11) is 0. The molecule has 3 rings (SSSR count). The zero-order chi connectivity index (χ0) is 13.3. The minimum absolute atomic E-state index is 0.239. The highest BCUT2D eigenvalue weighted by molar-refractivity contribution is 5.44. The third kappa shape index (κ3) is 1.98. The molecule has 1 heterocycles. The van der Waals surface area contributed by atoms with E-state index in [1.165, 1.54) is 22.3 Å². The predicted molar refractivity (Wildman–Crippen MR) is 78.3 cm³/mol. The fourth-order valence-electron chi connectivity index (χ4n) is 3.26. The van der Waals surface area contributed by atoms with Crippen LogP contribution in [0.3, 0.4) is 0 Å². The highest BCUT2D eigenvalue weighted by atomic mass is 16.5. The molecule has 0 aromatic heterocycles. The summed E-state index contributed by atoms with van der Waals surface area (Å²) in [6.45, 7) is 5.21. The van der Waals surface area contributed by atoms with E-state index in [0.717, 1.165) is 19.4 Å². The van der Waals surface area contributed by atoms with Crippen LogP contribution >= 0.6 is 0 Å². The van der Waals surface area contributed by atoms with E-state index >= 15 is 0 Å². The van der Waals surface area contributed by atoms with Gasteiger partial charge in [0.1, 0.15) is 5.60 Å². The molecule has 1 nitrogen and oxygen atoms in total. The second-order valence-corrected chi connectivity index (χ2v) is 5.41. The molecule has 0 aliphatic carbocycles. The average Bonchev–Trinajstić information content (AvgIpc) is 2.90. The lowest BCUT2D eigenvalue weighted by Gasteiger charge is -2.32. The predicted octanol–water partition coefficient (Wildman–Crippen LogP) is 4.36. The maximum atomic E-state index is 6.27. The first-order chi connectivity index (χ1) is 9.24.